The molecule has 1 aliphatic rings. The van der Waals surface area contributed by atoms with E-state index in [-0.39, 0.29) is 5.91 Å². The average molecular weight is 455 g/mol. The van der Waals surface area contributed by atoms with Crippen molar-refractivity contribution in [3.63, 3.8) is 0 Å². The van der Waals surface area contributed by atoms with Gasteiger partial charge in [0.15, 0.2) is 0 Å². The molecule has 1 N–H and O–H groups in total. The molecule has 0 bridgehead atoms. The standard InChI is InChI=1S/C22H36BrNO2Si/c1-4-7-13-27(14-8-5-2,15-9-6-3)26-21-17-20-18(16-19(21)23)11-10-12-22(25)24-20/h16-17H,4-15H2,1-3H3,(H,24,25). The maximum absolute atomic E-state index is 12.0. The number of hydrogen-bond donors (Lipinski definition) is 1. The van der Waals surface area contributed by atoms with E-state index in [4.69, 9.17) is 4.43 Å². The van der Waals surface area contributed by atoms with Gasteiger partial charge in [0.25, 0.3) is 8.32 Å². The molecule has 3 nitrogen and oxygen atoms in total. The number of aryl methyl sites for hydroxylation is 1. The van der Waals surface area contributed by atoms with Crippen molar-refractivity contribution in [3.05, 3.63) is 22.2 Å². The third-order valence-electron chi connectivity index (χ3n) is 5.57. The van der Waals surface area contributed by atoms with E-state index >= 15 is 0 Å². The summed E-state index contributed by atoms with van der Waals surface area (Å²) in [5.41, 5.74) is 2.16. The summed E-state index contributed by atoms with van der Waals surface area (Å²) in [7, 11) is -1.85. The minimum absolute atomic E-state index is 0.119. The molecule has 0 radical (unpaired) electrons. The number of anilines is 1. The highest BCUT2D eigenvalue weighted by molar-refractivity contribution is 9.10. The molecule has 0 fully saturated rings. The maximum Gasteiger partial charge on any atom is 0.251 e. The molecular weight excluding hydrogens is 418 g/mol. The summed E-state index contributed by atoms with van der Waals surface area (Å²) in [5.74, 6) is 1.06. The van der Waals surface area contributed by atoms with E-state index in [0.717, 1.165) is 28.8 Å². The molecule has 5 heteroatoms. The molecule has 1 amide bonds. The van der Waals surface area contributed by atoms with E-state index in [1.807, 2.05) is 0 Å². The van der Waals surface area contributed by atoms with Crippen LogP contribution in [-0.2, 0) is 11.2 Å². The molecule has 2 rings (SSSR count). The minimum Gasteiger partial charge on any atom is -0.543 e. The number of hydrogen-bond acceptors (Lipinski definition) is 2. The van der Waals surface area contributed by atoms with Crippen LogP contribution in [0.2, 0.25) is 18.1 Å². The van der Waals surface area contributed by atoms with Crippen molar-refractivity contribution in [1.82, 2.24) is 0 Å². The lowest BCUT2D eigenvalue weighted by Gasteiger charge is -2.33. The zero-order valence-electron chi connectivity index (χ0n) is 17.3. The summed E-state index contributed by atoms with van der Waals surface area (Å²) in [6.45, 7) is 6.81. The largest absolute Gasteiger partial charge is 0.543 e. The van der Waals surface area contributed by atoms with Crippen molar-refractivity contribution >= 4 is 35.8 Å². The van der Waals surface area contributed by atoms with Gasteiger partial charge in [0.2, 0.25) is 5.91 Å². The first kappa shape index (κ1) is 22.5. The fraction of sp³-hybridized carbons (Fsp3) is 0.682. The van der Waals surface area contributed by atoms with Gasteiger partial charge in [0, 0.05) is 18.2 Å². The molecule has 1 aromatic rings. The second-order valence-electron chi connectivity index (χ2n) is 7.94. The van der Waals surface area contributed by atoms with E-state index in [1.165, 1.54) is 62.2 Å². The number of rotatable bonds is 11. The predicted molar refractivity (Wildman–Crippen MR) is 121 cm³/mol. The lowest BCUT2D eigenvalue weighted by molar-refractivity contribution is -0.116. The van der Waals surface area contributed by atoms with Gasteiger partial charge in [-0.15, -0.1) is 0 Å². The number of fused-ring (bicyclic) bond motifs is 1. The number of carbonyl (C=O) groups excluding carboxylic acids is 1. The van der Waals surface area contributed by atoms with Crippen LogP contribution in [0, 0.1) is 0 Å². The zero-order valence-corrected chi connectivity index (χ0v) is 19.9. The van der Waals surface area contributed by atoms with Gasteiger partial charge in [-0.05, 0) is 58.5 Å². The van der Waals surface area contributed by atoms with Crippen molar-refractivity contribution in [2.75, 3.05) is 5.32 Å². The van der Waals surface area contributed by atoms with Crippen LogP contribution in [0.5, 0.6) is 5.75 Å². The van der Waals surface area contributed by atoms with E-state index < -0.39 is 8.32 Å². The number of carbonyl (C=O) groups is 1. The normalized spacial score (nSPS) is 14.4. The van der Waals surface area contributed by atoms with Gasteiger partial charge >= 0.3 is 0 Å². The monoisotopic (exact) mass is 453 g/mol. The first-order chi connectivity index (χ1) is 13.0. The Labute approximate surface area is 174 Å². The van der Waals surface area contributed by atoms with E-state index in [2.05, 4.69) is 54.2 Å². The highest BCUT2D eigenvalue weighted by Crippen LogP contribution is 2.38. The van der Waals surface area contributed by atoms with Gasteiger partial charge in [-0.3, -0.25) is 4.79 Å². The zero-order chi connectivity index (χ0) is 19.7. The third kappa shape index (κ3) is 6.63. The highest BCUT2D eigenvalue weighted by atomic mass is 79.9. The summed E-state index contributed by atoms with van der Waals surface area (Å²) < 4.78 is 7.96. The van der Waals surface area contributed by atoms with Crippen LogP contribution in [-0.4, -0.2) is 14.2 Å². The molecule has 1 aliphatic heterocycles. The number of halogens is 1. The second-order valence-corrected chi connectivity index (χ2v) is 12.9. The summed E-state index contributed by atoms with van der Waals surface area (Å²) in [6, 6.07) is 7.95. The molecular formula is C22H36BrNO2Si. The Kier molecular flexibility index (Phi) is 9.37. The topological polar surface area (TPSA) is 38.3 Å². The molecule has 152 valence electrons. The Morgan fingerprint density at radius 1 is 1.00 bits per heavy atom. The number of amides is 1. The van der Waals surface area contributed by atoms with E-state index in [9.17, 15) is 4.79 Å². The Morgan fingerprint density at radius 3 is 2.15 bits per heavy atom. The molecule has 0 aromatic heterocycles. The van der Waals surface area contributed by atoms with Gasteiger partial charge in [-0.1, -0.05) is 59.3 Å². The van der Waals surface area contributed by atoms with Gasteiger partial charge in [-0.2, -0.15) is 0 Å². The number of benzene rings is 1. The maximum atomic E-state index is 12.0. The molecule has 0 unspecified atom stereocenters. The van der Waals surface area contributed by atoms with Crippen molar-refractivity contribution in [3.8, 4) is 5.75 Å². The fourth-order valence-corrected chi connectivity index (χ4v) is 9.21. The fourth-order valence-electron chi connectivity index (χ4n) is 3.91. The van der Waals surface area contributed by atoms with Crippen molar-refractivity contribution in [2.45, 2.75) is 96.7 Å². The Bertz CT molecular complexity index is 599. The summed E-state index contributed by atoms with van der Waals surface area (Å²) in [6.07, 6.45) is 9.86. The predicted octanol–water partition coefficient (Wildman–Crippen LogP) is 7.45. The molecule has 0 aliphatic carbocycles. The van der Waals surface area contributed by atoms with Crippen LogP contribution in [0.4, 0.5) is 5.69 Å². The number of nitrogens with one attached hydrogen (secondary N) is 1. The number of unbranched alkanes of at least 4 members (excludes halogenated alkanes) is 3. The summed E-state index contributed by atoms with van der Waals surface area (Å²) in [4.78, 5) is 12.0. The summed E-state index contributed by atoms with van der Waals surface area (Å²) >= 11 is 3.76. The summed E-state index contributed by atoms with van der Waals surface area (Å²) in [5, 5.41) is 3.08. The SMILES string of the molecule is CCCC[Si](CCCC)(CCCC)Oc1cc2c(cc1Br)CCCC(=O)N2. The minimum atomic E-state index is -1.85. The first-order valence-corrected chi connectivity index (χ1v) is 14.2. The first-order valence-electron chi connectivity index (χ1n) is 10.8. The molecule has 0 saturated heterocycles. The lowest BCUT2D eigenvalue weighted by atomic mass is 10.1. The molecule has 27 heavy (non-hydrogen) atoms. The Balaban J connectivity index is 2.32. The van der Waals surface area contributed by atoms with Crippen LogP contribution in [0.3, 0.4) is 0 Å². The van der Waals surface area contributed by atoms with Gasteiger partial charge in [0.1, 0.15) is 5.75 Å². The van der Waals surface area contributed by atoms with Crippen LogP contribution in [0.25, 0.3) is 0 Å². The molecule has 1 aromatic carbocycles. The van der Waals surface area contributed by atoms with Crippen molar-refractivity contribution in [1.29, 1.82) is 0 Å². The van der Waals surface area contributed by atoms with Gasteiger partial charge < -0.3 is 9.74 Å². The van der Waals surface area contributed by atoms with Gasteiger partial charge in [-0.25, -0.2) is 0 Å². The smallest absolute Gasteiger partial charge is 0.251 e. The Hall–Kier alpha value is -0.813. The molecule has 0 spiro atoms. The van der Waals surface area contributed by atoms with E-state index in [0.29, 0.717) is 6.42 Å². The Morgan fingerprint density at radius 2 is 1.59 bits per heavy atom. The second kappa shape index (κ2) is 11.3. The van der Waals surface area contributed by atoms with E-state index in [1.54, 1.807) is 0 Å². The quantitative estimate of drug-likeness (QED) is 0.353. The highest BCUT2D eigenvalue weighted by Gasteiger charge is 2.36. The van der Waals surface area contributed by atoms with Gasteiger partial charge in [0.05, 0.1) is 4.47 Å². The van der Waals surface area contributed by atoms with Crippen LogP contribution >= 0.6 is 15.9 Å². The van der Waals surface area contributed by atoms with Crippen LogP contribution < -0.4 is 9.74 Å². The van der Waals surface area contributed by atoms with Crippen LogP contribution in [0.1, 0.15) is 77.7 Å². The van der Waals surface area contributed by atoms with Crippen LogP contribution in [0.15, 0.2) is 16.6 Å². The van der Waals surface area contributed by atoms with Crippen molar-refractivity contribution < 1.29 is 9.22 Å². The molecule has 0 saturated carbocycles. The molecule has 0 atom stereocenters. The van der Waals surface area contributed by atoms with Crippen molar-refractivity contribution in [2.24, 2.45) is 0 Å². The average Bonchev–Trinajstić information content (AvgIpc) is 2.83. The third-order valence-corrected chi connectivity index (χ3v) is 10.6. The lowest BCUT2D eigenvalue weighted by Crippen LogP contribution is -2.41. The molecule has 1 heterocycles.